The standard InChI is InChI=1S/C16H22N4O7/c1-10(21)17(2)4-5-19-9-18(6-7-27-3)15(24)12-14(23)13(22)11(16(25)26)8-20(12)19/h8,23H,4-7,9H2,1-3H3,(H,25,26). The van der Waals surface area contributed by atoms with Gasteiger partial charge in [0.05, 0.1) is 13.2 Å². The van der Waals surface area contributed by atoms with Crippen molar-refractivity contribution in [2.24, 2.45) is 0 Å². The lowest BCUT2D eigenvalue weighted by Gasteiger charge is -2.40. The highest BCUT2D eigenvalue weighted by Crippen LogP contribution is 2.21. The molecule has 11 nitrogen and oxygen atoms in total. The van der Waals surface area contributed by atoms with E-state index in [9.17, 15) is 29.4 Å². The number of fused-ring (bicyclic) bond motifs is 1. The zero-order chi connectivity index (χ0) is 20.3. The van der Waals surface area contributed by atoms with Gasteiger partial charge in [-0.25, -0.2) is 4.79 Å². The van der Waals surface area contributed by atoms with E-state index in [1.165, 1.54) is 28.5 Å². The van der Waals surface area contributed by atoms with Gasteiger partial charge in [0.2, 0.25) is 11.3 Å². The summed E-state index contributed by atoms with van der Waals surface area (Å²) in [5.74, 6) is -3.21. The first-order chi connectivity index (χ1) is 12.7. The van der Waals surface area contributed by atoms with E-state index in [1.54, 1.807) is 12.1 Å². The van der Waals surface area contributed by atoms with Gasteiger partial charge >= 0.3 is 5.97 Å². The maximum Gasteiger partial charge on any atom is 0.341 e. The number of carboxylic acids is 1. The Balaban J connectivity index is 2.49. The molecule has 0 saturated heterocycles. The molecule has 2 heterocycles. The first-order valence-corrected chi connectivity index (χ1v) is 8.16. The maximum absolute atomic E-state index is 12.7. The first-order valence-electron chi connectivity index (χ1n) is 8.16. The minimum atomic E-state index is -1.51. The molecule has 0 aromatic carbocycles. The van der Waals surface area contributed by atoms with E-state index in [2.05, 4.69) is 0 Å². The monoisotopic (exact) mass is 382 g/mol. The Bertz CT molecular complexity index is 820. The molecule has 0 spiro atoms. The summed E-state index contributed by atoms with van der Waals surface area (Å²) in [6.45, 7) is 2.46. The van der Waals surface area contributed by atoms with E-state index in [0.29, 0.717) is 0 Å². The van der Waals surface area contributed by atoms with E-state index in [0.717, 1.165) is 6.20 Å². The summed E-state index contributed by atoms with van der Waals surface area (Å²) in [5, 5.41) is 21.0. The summed E-state index contributed by atoms with van der Waals surface area (Å²) in [4.78, 5) is 50.3. The molecule has 11 heteroatoms. The van der Waals surface area contributed by atoms with Crippen molar-refractivity contribution < 1.29 is 29.3 Å². The fourth-order valence-corrected chi connectivity index (χ4v) is 2.62. The van der Waals surface area contributed by atoms with Gasteiger partial charge in [0.15, 0.2) is 11.4 Å². The average molecular weight is 382 g/mol. The van der Waals surface area contributed by atoms with Crippen molar-refractivity contribution in [3.63, 3.8) is 0 Å². The Labute approximate surface area is 154 Å². The number of carbonyl (C=O) groups is 3. The number of aromatic hydroxyl groups is 1. The number of ether oxygens (including phenoxy) is 1. The van der Waals surface area contributed by atoms with Crippen LogP contribution in [0.5, 0.6) is 5.75 Å². The summed E-state index contributed by atoms with van der Waals surface area (Å²) in [7, 11) is 3.08. The van der Waals surface area contributed by atoms with Gasteiger partial charge < -0.3 is 24.7 Å². The molecule has 0 aliphatic carbocycles. The molecule has 0 fully saturated rings. The molecule has 0 bridgehead atoms. The van der Waals surface area contributed by atoms with Crippen molar-refractivity contribution in [2.45, 2.75) is 6.92 Å². The van der Waals surface area contributed by atoms with Crippen LogP contribution in [-0.2, 0) is 9.53 Å². The van der Waals surface area contributed by atoms with Crippen molar-refractivity contribution in [1.82, 2.24) is 14.5 Å². The van der Waals surface area contributed by atoms with Crippen molar-refractivity contribution in [2.75, 3.05) is 52.1 Å². The smallest absolute Gasteiger partial charge is 0.341 e. The number of pyridine rings is 1. The number of amides is 2. The molecule has 0 radical (unpaired) electrons. The van der Waals surface area contributed by atoms with E-state index < -0.39 is 28.6 Å². The van der Waals surface area contributed by atoms with Crippen LogP contribution in [0.3, 0.4) is 0 Å². The molecular formula is C16H22N4O7. The summed E-state index contributed by atoms with van der Waals surface area (Å²) in [6, 6.07) is 0. The molecule has 0 unspecified atom stereocenters. The van der Waals surface area contributed by atoms with Crippen molar-refractivity contribution in [3.8, 4) is 5.75 Å². The minimum absolute atomic E-state index is 0.0717. The predicted octanol–water partition coefficient (Wildman–Crippen LogP) is -1.27. The highest BCUT2D eigenvalue weighted by molar-refractivity contribution is 5.97. The number of aromatic nitrogens is 1. The molecule has 2 amide bonds. The molecule has 1 aliphatic heterocycles. The second kappa shape index (κ2) is 8.08. The predicted molar refractivity (Wildman–Crippen MR) is 93.5 cm³/mol. The van der Waals surface area contributed by atoms with Crippen molar-refractivity contribution in [3.05, 3.63) is 27.7 Å². The number of carbonyl (C=O) groups excluding carboxylic acids is 2. The van der Waals surface area contributed by atoms with Crippen molar-refractivity contribution >= 4 is 17.8 Å². The number of nitrogens with zero attached hydrogens (tertiary/aromatic N) is 4. The third-order valence-corrected chi connectivity index (χ3v) is 4.32. The first kappa shape index (κ1) is 20.2. The largest absolute Gasteiger partial charge is 0.502 e. The number of hydrogen-bond acceptors (Lipinski definition) is 7. The second-order valence-electron chi connectivity index (χ2n) is 6.09. The zero-order valence-electron chi connectivity index (χ0n) is 15.3. The van der Waals surface area contributed by atoms with Gasteiger partial charge in [-0.1, -0.05) is 0 Å². The highest BCUT2D eigenvalue weighted by atomic mass is 16.5. The molecule has 27 heavy (non-hydrogen) atoms. The number of hydrogen-bond donors (Lipinski definition) is 2. The lowest BCUT2D eigenvalue weighted by Crippen LogP contribution is -2.56. The number of carboxylic acid groups (broad SMARTS) is 1. The molecule has 1 aromatic heterocycles. The third-order valence-electron chi connectivity index (χ3n) is 4.32. The number of likely N-dealkylation sites (N-methyl/N-ethyl adjacent to an activating group) is 1. The topological polar surface area (TPSA) is 133 Å². The van der Waals surface area contributed by atoms with Gasteiger partial charge in [0.25, 0.3) is 5.91 Å². The van der Waals surface area contributed by atoms with E-state index in [4.69, 9.17) is 4.74 Å². The van der Waals surface area contributed by atoms with Crippen LogP contribution in [0.2, 0.25) is 0 Å². The van der Waals surface area contributed by atoms with Crippen LogP contribution in [0.4, 0.5) is 0 Å². The van der Waals surface area contributed by atoms with Crippen LogP contribution in [0.25, 0.3) is 0 Å². The minimum Gasteiger partial charge on any atom is -0.502 e. The van der Waals surface area contributed by atoms with Crippen LogP contribution >= 0.6 is 0 Å². The van der Waals surface area contributed by atoms with Gasteiger partial charge in [-0.15, -0.1) is 0 Å². The van der Waals surface area contributed by atoms with Gasteiger partial charge in [-0.05, 0) is 0 Å². The Kier molecular flexibility index (Phi) is 6.05. The van der Waals surface area contributed by atoms with Gasteiger partial charge in [0.1, 0.15) is 12.2 Å². The molecule has 148 valence electrons. The summed E-state index contributed by atoms with van der Waals surface area (Å²) < 4.78 is 6.14. The molecule has 1 aliphatic rings. The molecule has 2 rings (SSSR count). The molecule has 2 N–H and O–H groups in total. The summed E-state index contributed by atoms with van der Waals surface area (Å²) >= 11 is 0. The number of methoxy groups -OCH3 is 1. The van der Waals surface area contributed by atoms with Crippen LogP contribution in [0, 0.1) is 0 Å². The fraction of sp³-hybridized carbons (Fsp3) is 0.500. The highest BCUT2D eigenvalue weighted by Gasteiger charge is 2.34. The zero-order valence-corrected chi connectivity index (χ0v) is 15.3. The van der Waals surface area contributed by atoms with Crippen molar-refractivity contribution in [1.29, 1.82) is 0 Å². The summed E-state index contributed by atoms with van der Waals surface area (Å²) in [5.41, 5.74) is -2.10. The Hall–Kier alpha value is -3.08. The maximum atomic E-state index is 12.7. The average Bonchev–Trinajstić information content (AvgIpc) is 2.61. The SMILES string of the molecule is COCCN1CN(CCN(C)C(C)=O)n2cc(C(=O)O)c(=O)c(O)c2C1=O. The lowest BCUT2D eigenvalue weighted by atomic mass is 10.2. The molecular weight excluding hydrogens is 360 g/mol. The molecule has 1 aromatic rings. The second-order valence-corrected chi connectivity index (χ2v) is 6.09. The van der Waals surface area contributed by atoms with Crippen LogP contribution in [0.15, 0.2) is 11.0 Å². The summed E-state index contributed by atoms with van der Waals surface area (Å²) in [6.07, 6.45) is 1.01. The van der Waals surface area contributed by atoms with Crippen LogP contribution < -0.4 is 10.4 Å². The van der Waals surface area contributed by atoms with E-state index >= 15 is 0 Å². The van der Waals surface area contributed by atoms with Gasteiger partial charge in [0, 0.05) is 40.4 Å². The molecule has 0 saturated carbocycles. The Morgan fingerprint density at radius 1 is 1.30 bits per heavy atom. The fourth-order valence-electron chi connectivity index (χ4n) is 2.62. The van der Waals surface area contributed by atoms with Crippen LogP contribution in [-0.4, -0.2) is 89.5 Å². The Morgan fingerprint density at radius 2 is 1.96 bits per heavy atom. The molecule has 0 atom stereocenters. The lowest BCUT2D eigenvalue weighted by molar-refractivity contribution is -0.127. The quantitative estimate of drug-likeness (QED) is 0.596. The van der Waals surface area contributed by atoms with E-state index in [-0.39, 0.29) is 44.5 Å². The van der Waals surface area contributed by atoms with Crippen LogP contribution in [0.1, 0.15) is 27.8 Å². The van der Waals surface area contributed by atoms with Gasteiger partial charge in [-0.3, -0.25) is 24.1 Å². The third kappa shape index (κ3) is 4.03. The Morgan fingerprint density at radius 3 is 2.52 bits per heavy atom. The number of aromatic carboxylic acids is 1. The number of rotatable bonds is 7. The van der Waals surface area contributed by atoms with Gasteiger partial charge in [-0.2, -0.15) is 0 Å². The normalized spacial score (nSPS) is 13.5. The van der Waals surface area contributed by atoms with E-state index in [1.807, 2.05) is 0 Å².